The van der Waals surface area contributed by atoms with Crippen LogP contribution in [0, 0.1) is 6.92 Å². The van der Waals surface area contributed by atoms with Crippen molar-refractivity contribution in [2.45, 2.75) is 23.1 Å². The number of thioether (sulfide) groups is 3. The van der Waals surface area contributed by atoms with Crippen LogP contribution in [0.4, 0.5) is 0 Å². The quantitative estimate of drug-likeness (QED) is 0.388. The Labute approximate surface area is 173 Å². The molecule has 10 heteroatoms. The highest BCUT2D eigenvalue weighted by atomic mass is 32.2. The maximum Gasteiger partial charge on any atom is 0.300 e. The van der Waals surface area contributed by atoms with Gasteiger partial charge in [-0.3, -0.25) is 9.69 Å². The van der Waals surface area contributed by atoms with Crippen molar-refractivity contribution in [3.8, 4) is 0 Å². The van der Waals surface area contributed by atoms with Crippen LogP contribution in [-0.4, -0.2) is 60.7 Å². The van der Waals surface area contributed by atoms with E-state index in [1.54, 1.807) is 30.2 Å². The molecular formula is C17H22N2O4S4. The molecule has 0 bridgehead atoms. The molecule has 1 amide bonds. The van der Waals surface area contributed by atoms with Crippen LogP contribution in [0.5, 0.6) is 0 Å². The van der Waals surface area contributed by atoms with Gasteiger partial charge in [-0.25, -0.2) is 4.18 Å². The molecule has 1 aromatic rings. The average molecular weight is 447 g/mol. The molecule has 0 N–H and O–H groups in total. The number of nitrogens with zero attached hydrogens (tertiary/aromatic N) is 2. The molecule has 1 atom stereocenters. The SMILES string of the molecule is CCN1C(=O)C(=C2SCCN2C)SC1(OS(=O)(=O)c1ccc(C)cc1)SC. The van der Waals surface area contributed by atoms with Gasteiger partial charge in [-0.05, 0) is 44.0 Å². The molecule has 0 saturated carbocycles. The Morgan fingerprint density at radius 3 is 2.48 bits per heavy atom. The second-order valence-corrected chi connectivity index (χ2v) is 11.1. The Hall–Kier alpha value is -0.810. The number of hydrogen-bond donors (Lipinski definition) is 0. The van der Waals surface area contributed by atoms with Crippen LogP contribution in [0.15, 0.2) is 39.1 Å². The fraction of sp³-hybridized carbons (Fsp3) is 0.471. The summed E-state index contributed by atoms with van der Waals surface area (Å²) in [4.78, 5) is 17.2. The van der Waals surface area contributed by atoms with E-state index in [2.05, 4.69) is 0 Å². The van der Waals surface area contributed by atoms with Crippen LogP contribution < -0.4 is 0 Å². The Balaban J connectivity index is 2.00. The Bertz CT molecular complexity index is 869. The third-order valence-corrected chi connectivity index (χ3v) is 9.84. The highest BCUT2D eigenvalue weighted by Gasteiger charge is 2.54. The summed E-state index contributed by atoms with van der Waals surface area (Å²) in [6.07, 6.45) is 1.76. The number of likely N-dealkylation sites (N-methyl/N-ethyl adjacent to an activating group) is 1. The molecule has 2 aliphatic heterocycles. The molecule has 2 fully saturated rings. The van der Waals surface area contributed by atoms with Crippen LogP contribution >= 0.6 is 35.3 Å². The van der Waals surface area contributed by atoms with Crippen LogP contribution in [-0.2, 0) is 19.1 Å². The molecule has 1 aromatic carbocycles. The first-order chi connectivity index (χ1) is 12.7. The van der Waals surface area contributed by atoms with E-state index in [0.717, 1.165) is 22.9 Å². The number of hydrogen-bond acceptors (Lipinski definition) is 8. The lowest BCUT2D eigenvalue weighted by molar-refractivity contribution is -0.130. The lowest BCUT2D eigenvalue weighted by atomic mass is 10.2. The third-order valence-electron chi connectivity index (χ3n) is 4.31. The van der Waals surface area contributed by atoms with E-state index in [0.29, 0.717) is 11.4 Å². The Morgan fingerprint density at radius 2 is 1.96 bits per heavy atom. The van der Waals surface area contributed by atoms with Crippen molar-refractivity contribution < 1.29 is 17.4 Å². The normalized spacial score (nSPS) is 26.3. The van der Waals surface area contributed by atoms with Gasteiger partial charge in [-0.2, -0.15) is 8.42 Å². The zero-order chi connectivity index (χ0) is 19.8. The zero-order valence-electron chi connectivity index (χ0n) is 15.6. The summed E-state index contributed by atoms with van der Waals surface area (Å²) in [5.41, 5.74) is 0.961. The maximum atomic E-state index is 13.0. The first-order valence-electron chi connectivity index (χ1n) is 8.40. The van der Waals surface area contributed by atoms with Gasteiger partial charge in [0, 0.05) is 25.9 Å². The third kappa shape index (κ3) is 3.87. The van der Waals surface area contributed by atoms with E-state index in [1.165, 1.54) is 40.6 Å². The maximum absolute atomic E-state index is 13.0. The van der Waals surface area contributed by atoms with Crippen LogP contribution in [0.2, 0.25) is 0 Å². The van der Waals surface area contributed by atoms with E-state index in [1.807, 2.05) is 25.8 Å². The second-order valence-electron chi connectivity index (χ2n) is 6.13. The molecule has 2 heterocycles. The van der Waals surface area contributed by atoms with Gasteiger partial charge in [0.1, 0.15) is 4.91 Å². The average Bonchev–Trinajstić information content (AvgIpc) is 3.16. The van der Waals surface area contributed by atoms with E-state index in [4.69, 9.17) is 4.18 Å². The lowest BCUT2D eigenvalue weighted by Crippen LogP contribution is -2.44. The van der Waals surface area contributed by atoms with Gasteiger partial charge < -0.3 is 4.90 Å². The molecular weight excluding hydrogens is 424 g/mol. The van der Waals surface area contributed by atoms with Gasteiger partial charge in [0.25, 0.3) is 10.3 Å². The minimum atomic E-state index is -4.04. The van der Waals surface area contributed by atoms with Crippen molar-refractivity contribution in [2.75, 3.05) is 32.1 Å². The molecule has 2 aliphatic rings. The summed E-state index contributed by atoms with van der Waals surface area (Å²) < 4.78 is 30.2. The van der Waals surface area contributed by atoms with Gasteiger partial charge in [-0.15, -0.1) is 11.8 Å². The molecule has 0 radical (unpaired) electrons. The number of amides is 1. The zero-order valence-corrected chi connectivity index (χ0v) is 18.9. The van der Waals surface area contributed by atoms with Crippen LogP contribution in [0.3, 0.4) is 0 Å². The van der Waals surface area contributed by atoms with Crippen molar-refractivity contribution >= 4 is 51.3 Å². The molecule has 0 aliphatic carbocycles. The van der Waals surface area contributed by atoms with Crippen molar-refractivity contribution in [3.05, 3.63) is 39.8 Å². The summed E-state index contributed by atoms with van der Waals surface area (Å²) in [5.74, 6) is 0.719. The molecule has 0 aromatic heterocycles. The van der Waals surface area contributed by atoms with Crippen molar-refractivity contribution in [2.24, 2.45) is 0 Å². The van der Waals surface area contributed by atoms with Gasteiger partial charge in [0.2, 0.25) is 0 Å². The van der Waals surface area contributed by atoms with Crippen molar-refractivity contribution in [3.63, 3.8) is 0 Å². The highest BCUT2D eigenvalue weighted by molar-refractivity contribution is 8.21. The molecule has 27 heavy (non-hydrogen) atoms. The summed E-state index contributed by atoms with van der Waals surface area (Å²) in [5, 5.41) is 0.885. The van der Waals surface area contributed by atoms with Gasteiger partial charge in [0.05, 0.1) is 9.92 Å². The predicted molar refractivity (Wildman–Crippen MR) is 113 cm³/mol. The minimum Gasteiger partial charge on any atom is -0.368 e. The lowest BCUT2D eigenvalue weighted by Gasteiger charge is -2.33. The topological polar surface area (TPSA) is 66.9 Å². The van der Waals surface area contributed by atoms with Crippen molar-refractivity contribution in [1.29, 1.82) is 0 Å². The van der Waals surface area contributed by atoms with Gasteiger partial charge in [0.15, 0.2) is 0 Å². The fourth-order valence-corrected chi connectivity index (χ4v) is 8.12. The summed E-state index contributed by atoms with van der Waals surface area (Å²) in [7, 11) is -2.10. The van der Waals surface area contributed by atoms with E-state index in [9.17, 15) is 13.2 Å². The van der Waals surface area contributed by atoms with E-state index < -0.39 is 14.5 Å². The predicted octanol–water partition coefficient (Wildman–Crippen LogP) is 3.12. The van der Waals surface area contributed by atoms with Crippen molar-refractivity contribution in [1.82, 2.24) is 9.80 Å². The summed E-state index contributed by atoms with van der Waals surface area (Å²) in [6, 6.07) is 6.50. The van der Waals surface area contributed by atoms with Crippen LogP contribution in [0.25, 0.3) is 0 Å². The van der Waals surface area contributed by atoms with E-state index >= 15 is 0 Å². The molecule has 0 spiro atoms. The fourth-order valence-electron chi connectivity index (χ4n) is 2.82. The van der Waals surface area contributed by atoms with Gasteiger partial charge >= 0.3 is 10.1 Å². The van der Waals surface area contributed by atoms with Crippen LogP contribution in [0.1, 0.15) is 12.5 Å². The molecule has 3 rings (SSSR count). The number of benzene rings is 1. The molecule has 2 saturated heterocycles. The molecule has 6 nitrogen and oxygen atoms in total. The molecule has 1 unspecified atom stereocenters. The van der Waals surface area contributed by atoms with E-state index in [-0.39, 0.29) is 10.8 Å². The number of aryl methyl sites for hydroxylation is 1. The largest absolute Gasteiger partial charge is 0.368 e. The number of carbonyl (C=O) groups is 1. The highest BCUT2D eigenvalue weighted by Crippen LogP contribution is 2.54. The summed E-state index contributed by atoms with van der Waals surface area (Å²) in [6.45, 7) is 4.92. The number of rotatable bonds is 5. The van der Waals surface area contributed by atoms with Gasteiger partial charge in [-0.1, -0.05) is 29.5 Å². The minimum absolute atomic E-state index is 0.0825. The Kier molecular flexibility index (Phi) is 6.12. The monoisotopic (exact) mass is 446 g/mol. The molecule has 148 valence electrons. The smallest absolute Gasteiger partial charge is 0.300 e. The first-order valence-corrected chi connectivity index (χ1v) is 12.8. The Morgan fingerprint density at radius 1 is 1.30 bits per heavy atom. The number of carbonyl (C=O) groups excluding carboxylic acids is 1. The first kappa shape index (κ1) is 20.9. The summed E-state index contributed by atoms with van der Waals surface area (Å²) >= 11 is 4.00. The second kappa shape index (κ2) is 7.90. The standard InChI is InChI=1S/C17H22N2O4S4/c1-5-19-15(20)14(16-18(3)10-11-25-16)26-17(19,24-4)23-27(21,22)13-8-6-12(2)7-9-13/h6-9H,5,10-11H2,1-4H3.